The highest BCUT2D eigenvalue weighted by Gasteiger charge is 2.29. The van der Waals surface area contributed by atoms with Crippen molar-refractivity contribution in [1.29, 1.82) is 0 Å². The first kappa shape index (κ1) is 19.7. The summed E-state index contributed by atoms with van der Waals surface area (Å²) < 4.78 is 5.11. The number of anilines is 1. The highest BCUT2D eigenvalue weighted by Crippen LogP contribution is 2.39. The third-order valence-corrected chi connectivity index (χ3v) is 5.46. The third-order valence-electron chi connectivity index (χ3n) is 4.26. The first-order chi connectivity index (χ1) is 13.5. The molecule has 0 saturated heterocycles. The zero-order valence-electron chi connectivity index (χ0n) is 15.6. The predicted octanol–water partition coefficient (Wildman–Crippen LogP) is 2.29. The van der Waals surface area contributed by atoms with Gasteiger partial charge in [0.05, 0.1) is 17.9 Å². The summed E-state index contributed by atoms with van der Waals surface area (Å²) in [5.41, 5.74) is 4.80. The number of hydrogen-bond donors (Lipinski definition) is 2. The van der Waals surface area contributed by atoms with Gasteiger partial charge in [0.2, 0.25) is 0 Å². The van der Waals surface area contributed by atoms with E-state index in [2.05, 4.69) is 20.8 Å². The van der Waals surface area contributed by atoms with Crippen molar-refractivity contribution < 1.29 is 19.1 Å². The molecule has 0 spiro atoms. The summed E-state index contributed by atoms with van der Waals surface area (Å²) in [6.07, 6.45) is 5.79. The van der Waals surface area contributed by atoms with Gasteiger partial charge in [-0.25, -0.2) is 10.2 Å². The number of thiophene rings is 1. The van der Waals surface area contributed by atoms with Crippen LogP contribution in [0.4, 0.5) is 5.00 Å². The highest BCUT2D eigenvalue weighted by atomic mass is 32.1. The molecule has 8 nitrogen and oxygen atoms in total. The summed E-state index contributed by atoms with van der Waals surface area (Å²) in [4.78, 5) is 41.7. The van der Waals surface area contributed by atoms with Crippen LogP contribution in [0.2, 0.25) is 0 Å². The van der Waals surface area contributed by atoms with Crippen molar-refractivity contribution in [2.24, 2.45) is 5.10 Å². The molecule has 9 heteroatoms. The summed E-state index contributed by atoms with van der Waals surface area (Å²) in [7, 11) is 0. The summed E-state index contributed by atoms with van der Waals surface area (Å²) in [6, 6.07) is 3.48. The number of nitrogens with zero attached hydrogens (tertiary/aromatic N) is 2. The summed E-state index contributed by atoms with van der Waals surface area (Å²) in [6.45, 7) is 3.66. The third kappa shape index (κ3) is 4.25. The summed E-state index contributed by atoms with van der Waals surface area (Å²) in [5, 5.41) is 6.81. The molecule has 2 amide bonds. The lowest BCUT2D eigenvalue weighted by molar-refractivity contribution is -0.136. The van der Waals surface area contributed by atoms with Crippen LogP contribution in [0.1, 0.15) is 46.6 Å². The topological polar surface area (TPSA) is 110 Å². The average molecular weight is 400 g/mol. The maximum Gasteiger partial charge on any atom is 0.341 e. The number of esters is 1. The van der Waals surface area contributed by atoms with Crippen LogP contribution in [0.3, 0.4) is 0 Å². The Hall–Kier alpha value is -3.07. The molecule has 0 aliphatic heterocycles. The van der Waals surface area contributed by atoms with Gasteiger partial charge in [0.25, 0.3) is 0 Å². The Morgan fingerprint density at radius 2 is 1.96 bits per heavy atom. The molecule has 2 aromatic heterocycles. The minimum absolute atomic E-state index is 0.236. The normalized spacial score (nSPS) is 13.0. The number of pyridine rings is 1. The van der Waals surface area contributed by atoms with E-state index in [1.165, 1.54) is 11.3 Å². The minimum atomic E-state index is -0.920. The summed E-state index contributed by atoms with van der Waals surface area (Å²) >= 11 is 1.31. The molecule has 0 unspecified atom stereocenters. The van der Waals surface area contributed by atoms with Gasteiger partial charge in [-0.05, 0) is 50.8 Å². The van der Waals surface area contributed by atoms with E-state index in [-0.39, 0.29) is 6.61 Å². The SMILES string of the molecule is CCOC(=O)c1c(NC(=O)C(=O)N/N=C(\C)c2ccncc2)sc2c1CCC2. The zero-order chi connectivity index (χ0) is 20.1. The number of fused-ring (bicyclic) bond motifs is 1. The molecule has 1 aliphatic rings. The molecule has 28 heavy (non-hydrogen) atoms. The molecule has 0 saturated carbocycles. The Morgan fingerprint density at radius 1 is 1.21 bits per heavy atom. The fraction of sp³-hybridized carbons (Fsp3) is 0.316. The van der Waals surface area contributed by atoms with Gasteiger partial charge < -0.3 is 10.1 Å². The standard InChI is InChI=1S/C19H20N4O4S/c1-3-27-19(26)15-13-5-4-6-14(13)28-18(15)21-16(24)17(25)23-22-11(2)12-7-9-20-10-8-12/h7-10H,3-6H2,1-2H3,(H,21,24)(H,23,25)/b22-11+. The molecule has 0 bridgehead atoms. The quantitative estimate of drug-likeness (QED) is 0.346. The van der Waals surface area contributed by atoms with Crippen molar-refractivity contribution in [3.8, 4) is 0 Å². The lowest BCUT2D eigenvalue weighted by Gasteiger charge is -2.07. The monoisotopic (exact) mass is 400 g/mol. The highest BCUT2D eigenvalue weighted by molar-refractivity contribution is 7.17. The van der Waals surface area contributed by atoms with Gasteiger partial charge in [0.15, 0.2) is 0 Å². The van der Waals surface area contributed by atoms with Crippen LogP contribution in [0, 0.1) is 0 Å². The van der Waals surface area contributed by atoms with Crippen molar-refractivity contribution in [1.82, 2.24) is 10.4 Å². The van der Waals surface area contributed by atoms with Crippen LogP contribution in [0.5, 0.6) is 0 Å². The van der Waals surface area contributed by atoms with E-state index in [1.54, 1.807) is 38.4 Å². The second kappa shape index (κ2) is 8.75. The maximum absolute atomic E-state index is 12.3. The molecule has 0 aromatic carbocycles. The number of hydrogen-bond acceptors (Lipinski definition) is 7. The van der Waals surface area contributed by atoms with E-state index in [4.69, 9.17) is 4.74 Å². The van der Waals surface area contributed by atoms with Gasteiger partial charge in [-0.2, -0.15) is 5.10 Å². The molecule has 0 atom stereocenters. The van der Waals surface area contributed by atoms with Crippen molar-refractivity contribution >= 4 is 39.8 Å². The molecule has 146 valence electrons. The van der Waals surface area contributed by atoms with Gasteiger partial charge in [0.1, 0.15) is 5.00 Å². The van der Waals surface area contributed by atoms with Crippen molar-refractivity contribution in [2.75, 3.05) is 11.9 Å². The van der Waals surface area contributed by atoms with Gasteiger partial charge >= 0.3 is 17.8 Å². The number of aryl methyl sites for hydroxylation is 1. The van der Waals surface area contributed by atoms with Crippen LogP contribution in [0.15, 0.2) is 29.6 Å². The number of rotatable bonds is 5. The van der Waals surface area contributed by atoms with E-state index in [0.717, 1.165) is 35.3 Å². The molecule has 2 aromatic rings. The van der Waals surface area contributed by atoms with Crippen LogP contribution < -0.4 is 10.7 Å². The van der Waals surface area contributed by atoms with Gasteiger partial charge in [0, 0.05) is 22.8 Å². The van der Waals surface area contributed by atoms with Gasteiger partial charge in [-0.1, -0.05) is 0 Å². The molecule has 3 rings (SSSR count). The maximum atomic E-state index is 12.3. The number of ether oxygens (including phenoxy) is 1. The number of aromatic nitrogens is 1. The van der Waals surface area contributed by atoms with E-state index >= 15 is 0 Å². The number of hydrazone groups is 1. The average Bonchev–Trinajstić information content (AvgIpc) is 3.27. The van der Waals surface area contributed by atoms with Crippen LogP contribution in [-0.2, 0) is 27.2 Å². The Bertz CT molecular complexity index is 937. The smallest absolute Gasteiger partial charge is 0.341 e. The molecule has 1 aliphatic carbocycles. The Balaban J connectivity index is 1.71. The van der Waals surface area contributed by atoms with E-state index in [0.29, 0.717) is 16.3 Å². The Labute approximate surface area is 166 Å². The first-order valence-corrected chi connectivity index (χ1v) is 9.70. The minimum Gasteiger partial charge on any atom is -0.462 e. The zero-order valence-corrected chi connectivity index (χ0v) is 16.4. The van der Waals surface area contributed by atoms with E-state index < -0.39 is 17.8 Å². The fourth-order valence-electron chi connectivity index (χ4n) is 2.91. The van der Waals surface area contributed by atoms with Crippen molar-refractivity contribution in [3.63, 3.8) is 0 Å². The molecule has 0 radical (unpaired) electrons. The van der Waals surface area contributed by atoms with Gasteiger partial charge in [-0.15, -0.1) is 11.3 Å². The fourth-order valence-corrected chi connectivity index (χ4v) is 4.19. The van der Waals surface area contributed by atoms with E-state index in [9.17, 15) is 14.4 Å². The number of amides is 2. The first-order valence-electron chi connectivity index (χ1n) is 8.89. The van der Waals surface area contributed by atoms with Gasteiger partial charge in [-0.3, -0.25) is 14.6 Å². The second-order valence-corrected chi connectivity index (χ2v) is 7.22. The Kier molecular flexibility index (Phi) is 6.15. The molecule has 2 N–H and O–H groups in total. The number of nitrogens with one attached hydrogen (secondary N) is 2. The van der Waals surface area contributed by atoms with Crippen LogP contribution in [0.25, 0.3) is 0 Å². The predicted molar refractivity (Wildman–Crippen MR) is 106 cm³/mol. The molecule has 2 heterocycles. The lowest BCUT2D eigenvalue weighted by Crippen LogP contribution is -2.33. The largest absolute Gasteiger partial charge is 0.462 e. The second-order valence-electron chi connectivity index (χ2n) is 6.11. The van der Waals surface area contributed by atoms with Crippen molar-refractivity contribution in [3.05, 3.63) is 46.1 Å². The number of carbonyl (C=O) groups is 3. The number of carbonyl (C=O) groups excluding carboxylic acids is 3. The Morgan fingerprint density at radius 3 is 2.68 bits per heavy atom. The van der Waals surface area contributed by atoms with Crippen LogP contribution >= 0.6 is 11.3 Å². The molecule has 0 fully saturated rings. The molecular weight excluding hydrogens is 380 g/mol. The van der Waals surface area contributed by atoms with Crippen molar-refractivity contribution in [2.45, 2.75) is 33.1 Å². The van der Waals surface area contributed by atoms with Crippen LogP contribution in [-0.4, -0.2) is 35.1 Å². The van der Waals surface area contributed by atoms with E-state index in [1.807, 2.05) is 0 Å². The molecular formula is C19H20N4O4S. The lowest BCUT2D eigenvalue weighted by atomic mass is 10.1. The summed E-state index contributed by atoms with van der Waals surface area (Å²) in [5.74, 6) is -2.29.